The van der Waals surface area contributed by atoms with Gasteiger partial charge in [0.05, 0.1) is 5.69 Å². The number of hydrogen-bond donors (Lipinski definition) is 0. The number of benzene rings is 1. The van der Waals surface area contributed by atoms with Gasteiger partial charge in [0.15, 0.2) is 0 Å². The number of hydrogen-bond acceptors (Lipinski definition) is 5. The third kappa shape index (κ3) is 4.72. The number of carbonyl (C=O) groups excluding carboxylic acids is 1. The lowest BCUT2D eigenvalue weighted by molar-refractivity contribution is 0.0703. The van der Waals surface area contributed by atoms with Gasteiger partial charge in [0, 0.05) is 60.6 Å². The minimum absolute atomic E-state index is 0.113. The number of nitrogens with zero attached hydrogens (tertiary/aromatic N) is 6. The van der Waals surface area contributed by atoms with Crippen LogP contribution in [0.15, 0.2) is 59.8 Å². The van der Waals surface area contributed by atoms with Crippen molar-refractivity contribution in [3.63, 3.8) is 0 Å². The molecular formula is C27H30N6OS. The summed E-state index contributed by atoms with van der Waals surface area (Å²) in [5.74, 6) is 3.39. The van der Waals surface area contributed by atoms with Crippen LogP contribution in [0.5, 0.6) is 0 Å². The summed E-state index contributed by atoms with van der Waals surface area (Å²) in [4.78, 5) is 21.1. The van der Waals surface area contributed by atoms with E-state index >= 15 is 0 Å². The lowest BCUT2D eigenvalue weighted by atomic mass is 9.96. The van der Waals surface area contributed by atoms with Crippen molar-refractivity contribution in [3.8, 4) is 0 Å². The first-order valence-electron chi connectivity index (χ1n) is 12.6. The summed E-state index contributed by atoms with van der Waals surface area (Å²) in [6.07, 6.45) is 10.8. The van der Waals surface area contributed by atoms with Crippen molar-refractivity contribution in [3.05, 3.63) is 77.8 Å². The summed E-state index contributed by atoms with van der Waals surface area (Å²) in [7, 11) is 0. The Balaban J connectivity index is 1.10. The SMILES string of the molecule is O=C(c1ccc(SCc2cn3ccccc3n2)cc1)N1CCCC(c2nnc3n2CCCCC3)C1. The topological polar surface area (TPSA) is 68.3 Å². The molecule has 0 aliphatic carbocycles. The third-order valence-corrected chi connectivity index (χ3v) is 8.16. The van der Waals surface area contributed by atoms with E-state index in [0.29, 0.717) is 0 Å². The molecule has 3 aromatic heterocycles. The normalized spacial score (nSPS) is 18.4. The van der Waals surface area contributed by atoms with E-state index in [1.54, 1.807) is 11.8 Å². The molecule has 35 heavy (non-hydrogen) atoms. The van der Waals surface area contributed by atoms with Crippen molar-refractivity contribution in [1.29, 1.82) is 0 Å². The number of pyridine rings is 1. The molecule has 5 heterocycles. The lowest BCUT2D eigenvalue weighted by Crippen LogP contribution is -2.39. The van der Waals surface area contributed by atoms with Gasteiger partial charge in [0.2, 0.25) is 0 Å². The summed E-state index contributed by atoms with van der Waals surface area (Å²) < 4.78 is 4.38. The fraction of sp³-hybridized carbons (Fsp3) is 0.407. The van der Waals surface area contributed by atoms with Crippen LogP contribution in [0.25, 0.3) is 5.65 Å². The molecule has 8 heteroatoms. The molecule has 1 unspecified atom stereocenters. The Morgan fingerprint density at radius 1 is 1.00 bits per heavy atom. The molecule has 1 saturated heterocycles. The molecule has 0 N–H and O–H groups in total. The van der Waals surface area contributed by atoms with E-state index in [0.717, 1.165) is 78.1 Å². The molecule has 1 aromatic carbocycles. The van der Waals surface area contributed by atoms with Crippen LogP contribution in [0.1, 0.15) is 65.7 Å². The molecule has 1 atom stereocenters. The molecule has 2 aliphatic heterocycles. The molecule has 0 saturated carbocycles. The van der Waals surface area contributed by atoms with Crippen LogP contribution in [-0.2, 0) is 18.7 Å². The number of carbonyl (C=O) groups is 1. The first-order valence-corrected chi connectivity index (χ1v) is 13.6. The maximum Gasteiger partial charge on any atom is 0.253 e. The van der Waals surface area contributed by atoms with E-state index in [2.05, 4.69) is 25.9 Å². The quantitative estimate of drug-likeness (QED) is 0.373. The van der Waals surface area contributed by atoms with Crippen molar-refractivity contribution < 1.29 is 4.79 Å². The van der Waals surface area contributed by atoms with Gasteiger partial charge in [-0.15, -0.1) is 22.0 Å². The van der Waals surface area contributed by atoms with Crippen molar-refractivity contribution >= 4 is 23.3 Å². The summed E-state index contributed by atoms with van der Waals surface area (Å²) >= 11 is 1.74. The average Bonchev–Trinajstić information content (AvgIpc) is 3.44. The highest BCUT2D eigenvalue weighted by Gasteiger charge is 2.30. The Bertz CT molecular complexity index is 1290. The minimum Gasteiger partial charge on any atom is -0.338 e. The van der Waals surface area contributed by atoms with Gasteiger partial charge in [-0.05, 0) is 62.1 Å². The predicted molar refractivity (Wildman–Crippen MR) is 137 cm³/mol. The molecule has 0 spiro atoms. The molecule has 1 amide bonds. The maximum atomic E-state index is 13.3. The second-order valence-electron chi connectivity index (χ2n) is 9.54. The second-order valence-corrected chi connectivity index (χ2v) is 10.6. The number of piperidine rings is 1. The number of rotatable bonds is 5. The largest absolute Gasteiger partial charge is 0.338 e. The van der Waals surface area contributed by atoms with Crippen molar-refractivity contribution in [2.45, 2.75) is 61.6 Å². The number of amides is 1. The standard InChI is InChI=1S/C27H30N6OS/c34-27(32-15-6-7-21(17-32)26-30-29-25-9-2-1-4-16-33(25)26)20-10-12-23(13-11-20)35-19-22-18-31-14-5-3-8-24(31)28-22/h3,5,8,10-14,18,21H,1-2,4,6-7,9,15-17,19H2. The van der Waals surface area contributed by atoms with Gasteiger partial charge in [-0.25, -0.2) is 4.98 Å². The number of aromatic nitrogens is 5. The Morgan fingerprint density at radius 2 is 1.91 bits per heavy atom. The molecule has 6 rings (SSSR count). The second kappa shape index (κ2) is 9.85. The van der Waals surface area contributed by atoms with Gasteiger partial charge in [0.1, 0.15) is 17.3 Å². The zero-order valence-electron chi connectivity index (χ0n) is 19.8. The first-order chi connectivity index (χ1) is 17.2. The number of imidazole rings is 1. The Hall–Kier alpha value is -3.13. The van der Waals surface area contributed by atoms with Gasteiger partial charge in [-0.2, -0.15) is 0 Å². The van der Waals surface area contributed by atoms with Crippen LogP contribution in [-0.4, -0.2) is 48.0 Å². The summed E-state index contributed by atoms with van der Waals surface area (Å²) in [6.45, 7) is 2.54. The lowest BCUT2D eigenvalue weighted by Gasteiger charge is -2.32. The molecule has 0 bridgehead atoms. The van der Waals surface area contributed by atoms with E-state index in [1.165, 1.54) is 19.3 Å². The van der Waals surface area contributed by atoms with Crippen LogP contribution in [0.3, 0.4) is 0 Å². The van der Waals surface area contributed by atoms with E-state index < -0.39 is 0 Å². The number of aryl methyl sites for hydroxylation is 1. The minimum atomic E-state index is 0.113. The first kappa shape index (κ1) is 22.3. The van der Waals surface area contributed by atoms with E-state index in [1.807, 2.05) is 58.0 Å². The summed E-state index contributed by atoms with van der Waals surface area (Å²) in [5.41, 5.74) is 2.76. The van der Waals surface area contributed by atoms with Gasteiger partial charge < -0.3 is 13.9 Å². The van der Waals surface area contributed by atoms with E-state index in [9.17, 15) is 4.79 Å². The van der Waals surface area contributed by atoms with Gasteiger partial charge >= 0.3 is 0 Å². The van der Waals surface area contributed by atoms with E-state index in [4.69, 9.17) is 0 Å². The monoisotopic (exact) mass is 486 g/mol. The zero-order valence-corrected chi connectivity index (χ0v) is 20.7. The highest BCUT2D eigenvalue weighted by Crippen LogP contribution is 2.29. The van der Waals surface area contributed by atoms with Crippen molar-refractivity contribution in [1.82, 2.24) is 29.0 Å². The Kier molecular flexibility index (Phi) is 6.29. The van der Waals surface area contributed by atoms with Crippen LogP contribution < -0.4 is 0 Å². The van der Waals surface area contributed by atoms with Gasteiger partial charge in [0.25, 0.3) is 5.91 Å². The molecule has 0 radical (unpaired) electrons. The molecular weight excluding hydrogens is 456 g/mol. The maximum absolute atomic E-state index is 13.3. The molecule has 7 nitrogen and oxygen atoms in total. The zero-order chi connectivity index (χ0) is 23.6. The van der Waals surface area contributed by atoms with E-state index in [-0.39, 0.29) is 11.8 Å². The smallest absolute Gasteiger partial charge is 0.253 e. The van der Waals surface area contributed by atoms with Crippen LogP contribution in [0, 0.1) is 0 Å². The molecule has 4 aromatic rings. The van der Waals surface area contributed by atoms with Gasteiger partial charge in [-0.1, -0.05) is 12.5 Å². The van der Waals surface area contributed by atoms with Gasteiger partial charge in [-0.3, -0.25) is 4.79 Å². The molecule has 1 fully saturated rings. The predicted octanol–water partition coefficient (Wildman–Crippen LogP) is 4.96. The summed E-state index contributed by atoms with van der Waals surface area (Å²) in [6, 6.07) is 14.0. The fourth-order valence-corrected chi connectivity index (χ4v) is 6.05. The van der Waals surface area contributed by atoms with Crippen LogP contribution in [0.4, 0.5) is 0 Å². The number of likely N-dealkylation sites (tertiary alicyclic amines) is 1. The van der Waals surface area contributed by atoms with Crippen molar-refractivity contribution in [2.24, 2.45) is 0 Å². The average molecular weight is 487 g/mol. The highest BCUT2D eigenvalue weighted by atomic mass is 32.2. The summed E-state index contributed by atoms with van der Waals surface area (Å²) in [5, 5.41) is 9.05. The van der Waals surface area contributed by atoms with Crippen molar-refractivity contribution in [2.75, 3.05) is 13.1 Å². The Labute approximate surface area is 209 Å². The Morgan fingerprint density at radius 3 is 2.80 bits per heavy atom. The number of thioether (sulfide) groups is 1. The molecule has 2 aliphatic rings. The molecule has 180 valence electrons. The third-order valence-electron chi connectivity index (χ3n) is 7.11. The van der Waals surface area contributed by atoms with Crippen LogP contribution in [0.2, 0.25) is 0 Å². The van der Waals surface area contributed by atoms with Crippen LogP contribution >= 0.6 is 11.8 Å². The highest BCUT2D eigenvalue weighted by molar-refractivity contribution is 7.98. The fourth-order valence-electron chi connectivity index (χ4n) is 5.27. The number of fused-ring (bicyclic) bond motifs is 2.